The molecule has 4 rings (SSSR count). The number of aromatic nitrogens is 2. The monoisotopic (exact) mass is 440 g/mol. The van der Waals surface area contributed by atoms with Gasteiger partial charge in [-0.15, -0.1) is 0 Å². The highest BCUT2D eigenvalue weighted by atomic mass is 32.2. The van der Waals surface area contributed by atoms with Crippen molar-refractivity contribution in [3.8, 4) is 11.4 Å². The molecule has 1 fully saturated rings. The molecular weight excluding hydrogens is 416 g/mol. The lowest BCUT2D eigenvalue weighted by atomic mass is 10.1. The number of hydrogen-bond donors (Lipinski definition) is 1. The van der Waals surface area contributed by atoms with Crippen LogP contribution in [0, 0.1) is 13.8 Å². The van der Waals surface area contributed by atoms with E-state index < -0.39 is 10.0 Å². The van der Waals surface area contributed by atoms with Gasteiger partial charge in [0, 0.05) is 29.9 Å². The smallest absolute Gasteiger partial charge is 0.232 e. The normalized spacial score (nSPS) is 16.7. The number of nitrogens with zero attached hydrogens (tertiary/aromatic N) is 3. The van der Waals surface area contributed by atoms with Gasteiger partial charge in [-0.1, -0.05) is 11.2 Å². The van der Waals surface area contributed by atoms with Gasteiger partial charge in [0.25, 0.3) is 0 Å². The molecule has 0 radical (unpaired) electrons. The minimum absolute atomic E-state index is 0.00222. The largest absolute Gasteiger partial charge is 0.339 e. The van der Waals surface area contributed by atoms with Crippen molar-refractivity contribution in [2.45, 2.75) is 33.1 Å². The van der Waals surface area contributed by atoms with E-state index in [1.165, 1.54) is 5.56 Å². The van der Waals surface area contributed by atoms with Crippen LogP contribution < -0.4 is 9.62 Å². The molecule has 0 unspecified atom stereocenters. The fourth-order valence-corrected chi connectivity index (χ4v) is 4.11. The van der Waals surface area contributed by atoms with Crippen LogP contribution in [0.2, 0.25) is 0 Å². The van der Waals surface area contributed by atoms with E-state index in [2.05, 4.69) is 14.9 Å². The molecule has 0 saturated carbocycles. The Bertz CT molecular complexity index is 1220. The second kappa shape index (κ2) is 8.14. The highest BCUT2D eigenvalue weighted by Crippen LogP contribution is 2.32. The van der Waals surface area contributed by atoms with Crippen molar-refractivity contribution in [2.75, 3.05) is 21.9 Å². The highest BCUT2D eigenvalue weighted by molar-refractivity contribution is 7.92. The van der Waals surface area contributed by atoms with Gasteiger partial charge < -0.3 is 9.42 Å². The van der Waals surface area contributed by atoms with Gasteiger partial charge in [-0.25, -0.2) is 8.42 Å². The molecule has 1 amide bonds. The predicted octanol–water partition coefficient (Wildman–Crippen LogP) is 3.64. The molecular formula is C22H24N4O4S. The van der Waals surface area contributed by atoms with Crippen LogP contribution in [0.4, 0.5) is 11.4 Å². The van der Waals surface area contributed by atoms with E-state index in [0.717, 1.165) is 11.3 Å². The first kappa shape index (κ1) is 21.0. The number of nitrogens with one attached hydrogen (secondary N) is 1. The first-order chi connectivity index (χ1) is 14.8. The van der Waals surface area contributed by atoms with E-state index in [1.807, 2.05) is 32.0 Å². The Morgan fingerprint density at radius 1 is 1.13 bits per heavy atom. The molecule has 9 heteroatoms. The van der Waals surface area contributed by atoms with Crippen LogP contribution in [-0.2, 0) is 14.8 Å². The third kappa shape index (κ3) is 4.46. The zero-order valence-corrected chi connectivity index (χ0v) is 18.4. The van der Waals surface area contributed by atoms with Crippen molar-refractivity contribution in [3.63, 3.8) is 0 Å². The Morgan fingerprint density at radius 3 is 2.55 bits per heavy atom. The van der Waals surface area contributed by atoms with Crippen molar-refractivity contribution in [2.24, 2.45) is 0 Å². The number of amides is 1. The van der Waals surface area contributed by atoms with E-state index in [1.54, 1.807) is 36.1 Å². The number of carbonyl (C=O) groups excluding carboxylic acids is 1. The summed E-state index contributed by atoms with van der Waals surface area (Å²) in [5.41, 5.74) is 4.37. The highest BCUT2D eigenvalue weighted by Gasteiger charge is 2.35. The number of rotatable bonds is 6. The van der Waals surface area contributed by atoms with Gasteiger partial charge in [0.1, 0.15) is 0 Å². The summed E-state index contributed by atoms with van der Waals surface area (Å²) in [6.45, 7) is 6.13. The van der Waals surface area contributed by atoms with E-state index in [4.69, 9.17) is 4.52 Å². The lowest BCUT2D eigenvalue weighted by Crippen LogP contribution is -2.24. The van der Waals surface area contributed by atoms with Crippen LogP contribution in [0.15, 0.2) is 47.0 Å². The van der Waals surface area contributed by atoms with Gasteiger partial charge in [0.2, 0.25) is 27.6 Å². The molecule has 0 bridgehead atoms. The molecule has 31 heavy (non-hydrogen) atoms. The third-order valence-electron chi connectivity index (χ3n) is 5.51. The van der Waals surface area contributed by atoms with Crippen LogP contribution in [-0.4, -0.2) is 36.8 Å². The van der Waals surface area contributed by atoms with E-state index >= 15 is 0 Å². The number of hydrogen-bond acceptors (Lipinski definition) is 6. The first-order valence-electron chi connectivity index (χ1n) is 10.1. The second-order valence-corrected chi connectivity index (χ2v) is 9.72. The summed E-state index contributed by atoms with van der Waals surface area (Å²) in [6, 6.07) is 12.7. The predicted molar refractivity (Wildman–Crippen MR) is 118 cm³/mol. The van der Waals surface area contributed by atoms with Crippen LogP contribution in [0.5, 0.6) is 0 Å². The summed E-state index contributed by atoms with van der Waals surface area (Å²) in [5, 5.41) is 4.05. The quantitative estimate of drug-likeness (QED) is 0.627. The number of aryl methyl sites for hydroxylation is 2. The molecule has 0 aliphatic carbocycles. The van der Waals surface area contributed by atoms with Gasteiger partial charge in [0.05, 0.1) is 11.7 Å². The maximum absolute atomic E-state index is 12.6. The second-order valence-electron chi connectivity index (χ2n) is 7.71. The fraction of sp³-hybridized carbons (Fsp3) is 0.318. The number of carbonyl (C=O) groups is 1. The molecule has 1 N–H and O–H groups in total. The van der Waals surface area contributed by atoms with Crippen LogP contribution >= 0.6 is 0 Å². The fourth-order valence-electron chi connectivity index (χ4n) is 3.47. The van der Waals surface area contributed by atoms with E-state index in [0.29, 0.717) is 35.9 Å². The molecule has 162 valence electrons. The van der Waals surface area contributed by atoms with Gasteiger partial charge in [-0.2, -0.15) is 4.98 Å². The number of anilines is 2. The average Bonchev–Trinajstić information content (AvgIpc) is 3.37. The standard InChI is InChI=1S/C22H24N4O4S/c1-4-31(28,29)25-18-8-6-16(7-9-18)21-23-22(30-24-21)17-12-20(27)26(13-17)19-10-5-14(2)15(3)11-19/h5-11,17,25H,4,12-13H2,1-3H3/t17-/m1/s1. The first-order valence-corrected chi connectivity index (χ1v) is 11.7. The summed E-state index contributed by atoms with van der Waals surface area (Å²) in [7, 11) is -3.33. The van der Waals surface area contributed by atoms with Crippen LogP contribution in [0.1, 0.15) is 36.3 Å². The Hall–Kier alpha value is -3.20. The Labute approximate surface area is 181 Å². The van der Waals surface area contributed by atoms with Crippen molar-refractivity contribution in [1.29, 1.82) is 0 Å². The molecule has 1 aliphatic heterocycles. The molecule has 1 aromatic heterocycles. The van der Waals surface area contributed by atoms with Gasteiger partial charge in [-0.3, -0.25) is 9.52 Å². The van der Waals surface area contributed by atoms with E-state index in [9.17, 15) is 13.2 Å². The Morgan fingerprint density at radius 2 is 1.87 bits per heavy atom. The zero-order valence-electron chi connectivity index (χ0n) is 17.6. The molecule has 0 spiro atoms. The van der Waals surface area contributed by atoms with E-state index in [-0.39, 0.29) is 17.6 Å². The van der Waals surface area contributed by atoms with Crippen LogP contribution in [0.3, 0.4) is 0 Å². The summed E-state index contributed by atoms with van der Waals surface area (Å²) >= 11 is 0. The average molecular weight is 441 g/mol. The summed E-state index contributed by atoms with van der Waals surface area (Å²) in [5.74, 6) is 0.677. The number of benzene rings is 2. The van der Waals surface area contributed by atoms with Crippen molar-refractivity contribution >= 4 is 27.3 Å². The van der Waals surface area contributed by atoms with Crippen LogP contribution in [0.25, 0.3) is 11.4 Å². The van der Waals surface area contributed by atoms with Crippen molar-refractivity contribution in [1.82, 2.24) is 10.1 Å². The van der Waals surface area contributed by atoms with Gasteiger partial charge in [0.15, 0.2) is 0 Å². The molecule has 1 aliphatic rings. The van der Waals surface area contributed by atoms with Gasteiger partial charge >= 0.3 is 0 Å². The summed E-state index contributed by atoms with van der Waals surface area (Å²) < 4.78 is 31.3. The van der Waals surface area contributed by atoms with Gasteiger partial charge in [-0.05, 0) is 68.3 Å². The topological polar surface area (TPSA) is 105 Å². The molecule has 1 atom stereocenters. The molecule has 3 aromatic rings. The maximum Gasteiger partial charge on any atom is 0.232 e. The Balaban J connectivity index is 1.49. The molecule has 2 heterocycles. The lowest BCUT2D eigenvalue weighted by molar-refractivity contribution is -0.117. The molecule has 1 saturated heterocycles. The minimum atomic E-state index is -3.33. The third-order valence-corrected chi connectivity index (χ3v) is 6.82. The zero-order chi connectivity index (χ0) is 22.2. The SMILES string of the molecule is CCS(=O)(=O)Nc1ccc(-c2noc([C@@H]3CC(=O)N(c4ccc(C)c(C)c4)C3)n2)cc1. The Kier molecular flexibility index (Phi) is 5.53. The number of sulfonamides is 1. The summed E-state index contributed by atoms with van der Waals surface area (Å²) in [6.07, 6.45) is 0.312. The molecule has 8 nitrogen and oxygen atoms in total. The maximum atomic E-state index is 12.6. The van der Waals surface area contributed by atoms with Crippen molar-refractivity contribution < 1.29 is 17.7 Å². The van der Waals surface area contributed by atoms with Crippen molar-refractivity contribution in [3.05, 3.63) is 59.5 Å². The minimum Gasteiger partial charge on any atom is -0.339 e. The summed E-state index contributed by atoms with van der Waals surface area (Å²) in [4.78, 5) is 18.8. The lowest BCUT2D eigenvalue weighted by Gasteiger charge is -2.17. The molecule has 2 aromatic carbocycles.